The lowest BCUT2D eigenvalue weighted by atomic mass is 9.98. The lowest BCUT2D eigenvalue weighted by Gasteiger charge is -2.22. The van der Waals surface area contributed by atoms with Gasteiger partial charge in [-0.25, -0.2) is 4.79 Å². The molecule has 0 radical (unpaired) electrons. The van der Waals surface area contributed by atoms with E-state index in [-0.39, 0.29) is 6.03 Å². The van der Waals surface area contributed by atoms with Crippen molar-refractivity contribution < 1.29 is 9.53 Å². The molecule has 0 heterocycles. The Morgan fingerprint density at radius 1 is 1.21 bits per heavy atom. The van der Waals surface area contributed by atoms with E-state index >= 15 is 0 Å². The summed E-state index contributed by atoms with van der Waals surface area (Å²) in [6.45, 7) is 3.56. The van der Waals surface area contributed by atoms with E-state index in [1.807, 2.05) is 0 Å². The Morgan fingerprint density at radius 2 is 1.95 bits per heavy atom. The van der Waals surface area contributed by atoms with Crippen LogP contribution in [0.4, 0.5) is 4.79 Å². The molecule has 0 bridgehead atoms. The number of hydrogen-bond donors (Lipinski definition) is 2. The molecule has 0 aromatic carbocycles. The first-order valence-electron chi connectivity index (χ1n) is 7.91. The summed E-state index contributed by atoms with van der Waals surface area (Å²) in [5, 5.41) is 5.90. The lowest BCUT2D eigenvalue weighted by molar-refractivity contribution is 0.0275. The molecular weight excluding hydrogens is 240 g/mol. The van der Waals surface area contributed by atoms with Gasteiger partial charge in [-0.05, 0) is 44.9 Å². The van der Waals surface area contributed by atoms with Gasteiger partial charge >= 0.3 is 6.03 Å². The fraction of sp³-hybridized carbons (Fsp3) is 0.933. The molecule has 2 aliphatic carbocycles. The SMILES string of the molecule is CC(NC(=O)NCCCOC1CCCCC1)C1CC1. The second-order valence-corrected chi connectivity index (χ2v) is 6.01. The number of hydrogen-bond acceptors (Lipinski definition) is 2. The van der Waals surface area contributed by atoms with Crippen molar-refractivity contribution in [1.29, 1.82) is 0 Å². The molecule has 0 saturated heterocycles. The molecule has 2 amide bonds. The van der Waals surface area contributed by atoms with Crippen molar-refractivity contribution in [3.05, 3.63) is 0 Å². The van der Waals surface area contributed by atoms with Crippen molar-refractivity contribution in [3.8, 4) is 0 Å². The molecule has 1 atom stereocenters. The second-order valence-electron chi connectivity index (χ2n) is 6.01. The minimum atomic E-state index is -0.0305. The summed E-state index contributed by atoms with van der Waals surface area (Å²) in [7, 11) is 0. The van der Waals surface area contributed by atoms with Crippen LogP contribution in [0.15, 0.2) is 0 Å². The third-order valence-corrected chi connectivity index (χ3v) is 4.20. The minimum Gasteiger partial charge on any atom is -0.378 e. The zero-order valence-electron chi connectivity index (χ0n) is 12.1. The smallest absolute Gasteiger partial charge is 0.315 e. The average Bonchev–Trinajstić information content (AvgIpc) is 3.24. The molecule has 2 fully saturated rings. The number of carbonyl (C=O) groups is 1. The Morgan fingerprint density at radius 3 is 2.63 bits per heavy atom. The predicted octanol–water partition coefficient (Wildman–Crippen LogP) is 2.82. The summed E-state index contributed by atoms with van der Waals surface area (Å²) >= 11 is 0. The van der Waals surface area contributed by atoms with Gasteiger partial charge in [0.25, 0.3) is 0 Å². The maximum absolute atomic E-state index is 11.6. The summed E-state index contributed by atoms with van der Waals surface area (Å²) in [5.41, 5.74) is 0. The van der Waals surface area contributed by atoms with E-state index in [9.17, 15) is 4.79 Å². The van der Waals surface area contributed by atoms with Crippen molar-refractivity contribution in [1.82, 2.24) is 10.6 Å². The van der Waals surface area contributed by atoms with Crippen LogP contribution in [-0.2, 0) is 4.74 Å². The highest BCUT2D eigenvalue weighted by Crippen LogP contribution is 2.32. The van der Waals surface area contributed by atoms with Gasteiger partial charge in [0.2, 0.25) is 0 Å². The van der Waals surface area contributed by atoms with Crippen LogP contribution in [0, 0.1) is 5.92 Å². The first kappa shape index (κ1) is 14.6. The fourth-order valence-electron chi connectivity index (χ4n) is 2.73. The highest BCUT2D eigenvalue weighted by molar-refractivity contribution is 5.74. The molecule has 110 valence electrons. The standard InChI is InChI=1S/C15H28N2O2/c1-12(13-8-9-13)17-15(18)16-10-5-11-19-14-6-3-2-4-7-14/h12-14H,2-11H2,1H3,(H2,16,17,18). The van der Waals surface area contributed by atoms with E-state index in [0.717, 1.165) is 13.0 Å². The second kappa shape index (κ2) is 7.73. The first-order chi connectivity index (χ1) is 9.25. The first-order valence-corrected chi connectivity index (χ1v) is 7.91. The van der Waals surface area contributed by atoms with Crippen molar-refractivity contribution in [2.75, 3.05) is 13.2 Å². The third kappa shape index (κ3) is 5.81. The van der Waals surface area contributed by atoms with E-state index in [4.69, 9.17) is 4.74 Å². The van der Waals surface area contributed by atoms with Gasteiger partial charge in [0.15, 0.2) is 0 Å². The number of nitrogens with one attached hydrogen (secondary N) is 2. The molecule has 0 spiro atoms. The molecule has 1 unspecified atom stereocenters. The minimum absolute atomic E-state index is 0.0305. The Balaban J connectivity index is 1.43. The maximum atomic E-state index is 11.6. The van der Waals surface area contributed by atoms with Crippen LogP contribution in [-0.4, -0.2) is 31.3 Å². The van der Waals surface area contributed by atoms with Crippen molar-refractivity contribution >= 4 is 6.03 Å². The van der Waals surface area contributed by atoms with Crippen LogP contribution in [0.3, 0.4) is 0 Å². The van der Waals surface area contributed by atoms with E-state index in [1.54, 1.807) is 0 Å². The van der Waals surface area contributed by atoms with Crippen LogP contribution >= 0.6 is 0 Å². The Labute approximate surface area is 116 Å². The van der Waals surface area contributed by atoms with Gasteiger partial charge in [-0.3, -0.25) is 0 Å². The van der Waals surface area contributed by atoms with Crippen LogP contribution in [0.2, 0.25) is 0 Å². The van der Waals surface area contributed by atoms with E-state index in [2.05, 4.69) is 17.6 Å². The lowest BCUT2D eigenvalue weighted by Crippen LogP contribution is -2.42. The van der Waals surface area contributed by atoms with Gasteiger partial charge in [0.05, 0.1) is 6.10 Å². The molecule has 0 aliphatic heterocycles. The van der Waals surface area contributed by atoms with Gasteiger partial charge in [-0.15, -0.1) is 0 Å². The van der Waals surface area contributed by atoms with Crippen LogP contribution < -0.4 is 10.6 Å². The molecule has 2 aliphatic rings. The van der Waals surface area contributed by atoms with E-state index < -0.39 is 0 Å². The van der Waals surface area contributed by atoms with E-state index in [0.29, 0.717) is 24.6 Å². The molecule has 2 N–H and O–H groups in total. The summed E-state index contributed by atoms with van der Waals surface area (Å²) in [4.78, 5) is 11.6. The number of carbonyl (C=O) groups excluding carboxylic acids is 1. The zero-order valence-corrected chi connectivity index (χ0v) is 12.1. The van der Waals surface area contributed by atoms with Gasteiger partial charge in [0.1, 0.15) is 0 Å². The molecular formula is C15H28N2O2. The van der Waals surface area contributed by atoms with Crippen molar-refractivity contribution in [2.24, 2.45) is 5.92 Å². The zero-order chi connectivity index (χ0) is 13.5. The molecule has 0 aromatic heterocycles. The Bertz CT molecular complexity index is 273. The number of ether oxygens (including phenoxy) is 1. The third-order valence-electron chi connectivity index (χ3n) is 4.20. The van der Waals surface area contributed by atoms with Gasteiger partial charge in [0, 0.05) is 19.2 Å². The number of amides is 2. The van der Waals surface area contributed by atoms with Crippen LogP contribution in [0.1, 0.15) is 58.3 Å². The molecule has 2 saturated carbocycles. The molecule has 19 heavy (non-hydrogen) atoms. The highest BCUT2D eigenvalue weighted by Gasteiger charge is 2.28. The van der Waals surface area contributed by atoms with Gasteiger partial charge in [-0.2, -0.15) is 0 Å². The summed E-state index contributed by atoms with van der Waals surface area (Å²) in [6.07, 6.45) is 10.3. The monoisotopic (exact) mass is 268 g/mol. The Kier molecular flexibility index (Phi) is 5.95. The quantitative estimate of drug-likeness (QED) is 0.698. The van der Waals surface area contributed by atoms with Crippen molar-refractivity contribution in [2.45, 2.75) is 70.4 Å². The summed E-state index contributed by atoms with van der Waals surface area (Å²) < 4.78 is 5.82. The van der Waals surface area contributed by atoms with Gasteiger partial charge in [-0.1, -0.05) is 19.3 Å². The average molecular weight is 268 g/mol. The predicted molar refractivity (Wildman–Crippen MR) is 76.2 cm³/mol. The molecule has 4 nitrogen and oxygen atoms in total. The molecule has 0 aromatic rings. The normalized spacial score (nSPS) is 21.9. The number of rotatable bonds is 7. The van der Waals surface area contributed by atoms with Crippen molar-refractivity contribution in [3.63, 3.8) is 0 Å². The fourth-order valence-corrected chi connectivity index (χ4v) is 2.73. The molecule has 4 heteroatoms. The summed E-state index contributed by atoms with van der Waals surface area (Å²) in [5.74, 6) is 0.709. The van der Waals surface area contributed by atoms with Crippen LogP contribution in [0.25, 0.3) is 0 Å². The Hall–Kier alpha value is -0.770. The molecule has 2 rings (SSSR count). The van der Waals surface area contributed by atoms with Crippen LogP contribution in [0.5, 0.6) is 0 Å². The largest absolute Gasteiger partial charge is 0.378 e. The summed E-state index contributed by atoms with van der Waals surface area (Å²) in [6, 6.07) is 0.288. The maximum Gasteiger partial charge on any atom is 0.315 e. The topological polar surface area (TPSA) is 50.4 Å². The highest BCUT2D eigenvalue weighted by atomic mass is 16.5. The van der Waals surface area contributed by atoms with E-state index in [1.165, 1.54) is 44.9 Å². The number of urea groups is 1. The van der Waals surface area contributed by atoms with Gasteiger partial charge < -0.3 is 15.4 Å².